The van der Waals surface area contributed by atoms with Crippen molar-refractivity contribution in [3.05, 3.63) is 107 Å². The Morgan fingerprint density at radius 2 is 1.50 bits per heavy atom. The molecule has 0 bridgehead atoms. The maximum absolute atomic E-state index is 16.3. The summed E-state index contributed by atoms with van der Waals surface area (Å²) in [5.41, 5.74) is 3.73. The standard InChI is InChI=1S/C37H39FN4O4/c1-37(2,3)46-36(43)42-21-19-27(20-22-42)28-15-16-29-33(40-41(4)34(29)32(28)38)30-17-18-31(44-23-25-11-7-5-8-12-25)39-35(30)45-24-26-13-9-6-10-14-26/h5-18,27H,19-24H2,1-4H3. The molecule has 46 heavy (non-hydrogen) atoms. The third kappa shape index (κ3) is 6.98. The van der Waals surface area contributed by atoms with E-state index in [9.17, 15) is 4.79 Å². The van der Waals surface area contributed by atoms with Crippen LogP contribution in [0.2, 0.25) is 0 Å². The minimum Gasteiger partial charge on any atom is -0.473 e. The quantitative estimate of drug-likeness (QED) is 0.174. The first kappa shape index (κ1) is 31.1. The van der Waals surface area contributed by atoms with Gasteiger partial charge in [-0.2, -0.15) is 10.1 Å². The predicted octanol–water partition coefficient (Wildman–Crippen LogP) is 8.05. The van der Waals surface area contributed by atoms with Crippen molar-refractivity contribution in [2.45, 2.75) is 58.3 Å². The molecule has 0 N–H and O–H groups in total. The number of aryl methyl sites for hydroxylation is 1. The van der Waals surface area contributed by atoms with Crippen molar-refractivity contribution < 1.29 is 23.4 Å². The molecular formula is C37H39FN4O4. The number of carbonyl (C=O) groups is 1. The average Bonchev–Trinajstić information content (AvgIpc) is 3.39. The van der Waals surface area contributed by atoms with E-state index in [0.29, 0.717) is 78.6 Å². The Hall–Kier alpha value is -4.92. The largest absolute Gasteiger partial charge is 0.473 e. The molecule has 0 spiro atoms. The Morgan fingerprint density at radius 1 is 0.870 bits per heavy atom. The molecule has 5 aromatic rings. The fourth-order valence-electron chi connectivity index (χ4n) is 5.81. The highest BCUT2D eigenvalue weighted by Crippen LogP contribution is 2.39. The van der Waals surface area contributed by atoms with Crippen molar-refractivity contribution in [2.24, 2.45) is 7.05 Å². The van der Waals surface area contributed by atoms with Crippen molar-refractivity contribution in [2.75, 3.05) is 13.1 Å². The maximum atomic E-state index is 16.3. The first-order valence-corrected chi connectivity index (χ1v) is 15.6. The monoisotopic (exact) mass is 622 g/mol. The summed E-state index contributed by atoms with van der Waals surface area (Å²) in [6.07, 6.45) is 0.977. The van der Waals surface area contributed by atoms with Crippen LogP contribution in [0.1, 0.15) is 56.2 Å². The molecule has 238 valence electrons. The summed E-state index contributed by atoms with van der Waals surface area (Å²) in [5.74, 6) is 0.460. The highest BCUT2D eigenvalue weighted by Gasteiger charge is 2.30. The first-order valence-electron chi connectivity index (χ1n) is 15.6. The third-order valence-electron chi connectivity index (χ3n) is 8.10. The molecule has 1 fully saturated rings. The molecule has 0 unspecified atom stereocenters. The number of hydrogen-bond donors (Lipinski definition) is 0. The summed E-state index contributed by atoms with van der Waals surface area (Å²) in [5, 5.41) is 5.43. The number of carbonyl (C=O) groups excluding carboxylic acids is 1. The number of benzene rings is 3. The van der Waals surface area contributed by atoms with Crippen LogP contribution in [0, 0.1) is 5.82 Å². The van der Waals surface area contributed by atoms with E-state index in [0.717, 1.165) is 11.1 Å². The number of likely N-dealkylation sites (tertiary alicyclic amines) is 1. The molecule has 8 nitrogen and oxygen atoms in total. The second-order valence-electron chi connectivity index (χ2n) is 12.6. The number of amides is 1. The van der Waals surface area contributed by atoms with Crippen LogP contribution in [0.5, 0.6) is 11.8 Å². The molecule has 0 saturated carbocycles. The van der Waals surface area contributed by atoms with E-state index in [4.69, 9.17) is 24.3 Å². The third-order valence-corrected chi connectivity index (χ3v) is 8.10. The van der Waals surface area contributed by atoms with Crippen molar-refractivity contribution in [3.8, 4) is 23.0 Å². The van der Waals surface area contributed by atoms with E-state index in [1.165, 1.54) is 0 Å². The Labute approximate surface area is 268 Å². The van der Waals surface area contributed by atoms with Gasteiger partial charge in [0.05, 0.1) is 5.56 Å². The Bertz CT molecular complexity index is 1810. The lowest BCUT2D eigenvalue weighted by Crippen LogP contribution is -2.41. The van der Waals surface area contributed by atoms with E-state index in [1.54, 1.807) is 22.7 Å². The number of hydrogen-bond acceptors (Lipinski definition) is 6. The van der Waals surface area contributed by atoms with Crippen LogP contribution in [-0.2, 0) is 25.0 Å². The molecule has 1 saturated heterocycles. The number of ether oxygens (including phenoxy) is 3. The van der Waals surface area contributed by atoms with Gasteiger partial charge in [-0.3, -0.25) is 4.68 Å². The van der Waals surface area contributed by atoms with Crippen LogP contribution in [0.15, 0.2) is 84.9 Å². The van der Waals surface area contributed by atoms with Crippen LogP contribution in [0.4, 0.5) is 9.18 Å². The molecular weight excluding hydrogens is 583 g/mol. The number of pyridine rings is 1. The van der Waals surface area contributed by atoms with Gasteiger partial charge in [-0.1, -0.05) is 72.8 Å². The molecule has 2 aromatic heterocycles. The lowest BCUT2D eigenvalue weighted by molar-refractivity contribution is 0.0204. The highest BCUT2D eigenvalue weighted by molar-refractivity contribution is 5.95. The van der Waals surface area contributed by atoms with Gasteiger partial charge >= 0.3 is 6.09 Å². The van der Waals surface area contributed by atoms with E-state index < -0.39 is 5.60 Å². The number of halogens is 1. The van der Waals surface area contributed by atoms with Crippen LogP contribution in [0.25, 0.3) is 22.2 Å². The van der Waals surface area contributed by atoms with Crippen molar-refractivity contribution in [1.29, 1.82) is 0 Å². The SMILES string of the molecule is Cn1nc(-c2ccc(OCc3ccccc3)nc2OCc2ccccc2)c2ccc(C3CCN(C(=O)OC(C)(C)C)CC3)c(F)c21. The lowest BCUT2D eigenvalue weighted by atomic mass is 9.88. The minimum absolute atomic E-state index is 0.0195. The van der Waals surface area contributed by atoms with Gasteiger partial charge in [0.15, 0.2) is 5.82 Å². The van der Waals surface area contributed by atoms with E-state index in [1.807, 2.05) is 99.6 Å². The van der Waals surface area contributed by atoms with E-state index in [2.05, 4.69) is 0 Å². The highest BCUT2D eigenvalue weighted by atomic mass is 19.1. The number of fused-ring (bicyclic) bond motifs is 1. The molecule has 0 atom stereocenters. The van der Waals surface area contributed by atoms with Gasteiger partial charge in [0.1, 0.15) is 30.0 Å². The lowest BCUT2D eigenvalue weighted by Gasteiger charge is -2.33. The van der Waals surface area contributed by atoms with E-state index >= 15 is 4.39 Å². The normalized spacial score (nSPS) is 14.0. The number of nitrogens with zero attached hydrogens (tertiary/aromatic N) is 4. The Morgan fingerprint density at radius 3 is 2.13 bits per heavy atom. The zero-order chi connectivity index (χ0) is 32.3. The van der Waals surface area contributed by atoms with Gasteiger partial charge in [-0.15, -0.1) is 0 Å². The Kier molecular flexibility index (Phi) is 8.92. The number of piperidine rings is 1. The maximum Gasteiger partial charge on any atom is 0.410 e. The van der Waals surface area contributed by atoms with Crippen molar-refractivity contribution >= 4 is 17.0 Å². The molecule has 1 aliphatic rings. The number of aromatic nitrogens is 3. The van der Waals surface area contributed by atoms with Gasteiger partial charge in [0, 0.05) is 31.6 Å². The molecule has 1 amide bonds. The molecule has 0 radical (unpaired) electrons. The van der Waals surface area contributed by atoms with Crippen molar-refractivity contribution in [1.82, 2.24) is 19.7 Å². The zero-order valence-corrected chi connectivity index (χ0v) is 26.7. The summed E-state index contributed by atoms with van der Waals surface area (Å²) < 4.78 is 35.7. The van der Waals surface area contributed by atoms with E-state index in [-0.39, 0.29) is 17.8 Å². The fourth-order valence-corrected chi connectivity index (χ4v) is 5.81. The summed E-state index contributed by atoms with van der Waals surface area (Å²) in [7, 11) is 1.75. The minimum atomic E-state index is -0.556. The van der Waals surface area contributed by atoms with Crippen LogP contribution in [-0.4, -0.2) is 44.4 Å². The second kappa shape index (κ2) is 13.2. The fraction of sp³-hybridized carbons (Fsp3) is 0.324. The first-order chi connectivity index (χ1) is 22.2. The van der Waals surface area contributed by atoms with Crippen LogP contribution >= 0.6 is 0 Å². The molecule has 0 aliphatic carbocycles. The van der Waals surface area contributed by atoms with Gasteiger partial charge in [-0.05, 0) is 62.3 Å². The van der Waals surface area contributed by atoms with Gasteiger partial charge in [-0.25, -0.2) is 9.18 Å². The Balaban J connectivity index is 1.27. The molecule has 3 aromatic carbocycles. The molecule has 1 aliphatic heterocycles. The molecule has 3 heterocycles. The predicted molar refractivity (Wildman–Crippen MR) is 175 cm³/mol. The van der Waals surface area contributed by atoms with Gasteiger partial charge in [0.2, 0.25) is 11.8 Å². The smallest absolute Gasteiger partial charge is 0.410 e. The molecule has 9 heteroatoms. The second-order valence-corrected chi connectivity index (χ2v) is 12.6. The van der Waals surface area contributed by atoms with Crippen molar-refractivity contribution in [3.63, 3.8) is 0 Å². The summed E-state index contributed by atoms with van der Waals surface area (Å²) in [4.78, 5) is 19.0. The summed E-state index contributed by atoms with van der Waals surface area (Å²) in [6.45, 7) is 7.25. The van der Waals surface area contributed by atoms with Gasteiger partial charge in [0.25, 0.3) is 0 Å². The zero-order valence-electron chi connectivity index (χ0n) is 26.7. The molecule has 6 rings (SSSR count). The average molecular weight is 623 g/mol. The summed E-state index contributed by atoms with van der Waals surface area (Å²) >= 11 is 0. The van der Waals surface area contributed by atoms with Crippen LogP contribution in [0.3, 0.4) is 0 Å². The van der Waals surface area contributed by atoms with Gasteiger partial charge < -0.3 is 19.1 Å². The number of rotatable bonds is 8. The topological polar surface area (TPSA) is 78.7 Å². The summed E-state index contributed by atoms with van der Waals surface area (Å²) in [6, 6.07) is 27.2. The van der Waals surface area contributed by atoms with Crippen LogP contribution < -0.4 is 9.47 Å².